The normalized spacial score (nSPS) is 11.6. The molecular weight excluding hydrogens is 294 g/mol. The van der Waals surface area contributed by atoms with Crippen molar-refractivity contribution in [2.24, 2.45) is 0 Å². The average molecular weight is 319 g/mol. The molecule has 0 radical (unpaired) electrons. The number of allylic oxidation sites excluding steroid dienone is 1. The smallest absolute Gasteiger partial charge is 0.341 e. The number of Topliss-reactive ketones (excluding diaryl/α,β-unsaturated/α-hetero) is 1. The molecule has 0 heterocycles. The largest absolute Gasteiger partial charge is 0.495 e. The van der Waals surface area contributed by atoms with Gasteiger partial charge in [0.1, 0.15) is 11.3 Å². The van der Waals surface area contributed by atoms with E-state index < -0.39 is 5.97 Å². The number of hydrogen-bond acceptors (Lipinski definition) is 4. The summed E-state index contributed by atoms with van der Waals surface area (Å²) >= 11 is 0. The summed E-state index contributed by atoms with van der Waals surface area (Å²) in [6.45, 7) is 3.86. The Kier molecular flexibility index (Phi) is 7.88. The van der Waals surface area contributed by atoms with Crippen molar-refractivity contribution in [1.29, 1.82) is 0 Å². The monoisotopic (exact) mass is 319 g/mol. The molecule has 0 bridgehead atoms. The van der Waals surface area contributed by atoms with Crippen LogP contribution < -0.4 is 10.1 Å². The number of nitrogens with one attached hydrogen (secondary N) is 1. The van der Waals surface area contributed by atoms with Crippen molar-refractivity contribution in [3.05, 3.63) is 35.5 Å². The number of anilines is 1. The molecule has 0 saturated carbocycles. The van der Waals surface area contributed by atoms with Gasteiger partial charge in [-0.3, -0.25) is 4.79 Å². The molecule has 0 fully saturated rings. The number of aliphatic carboxylic acids is 1. The fraction of sp³-hybridized carbons (Fsp3) is 0.444. The summed E-state index contributed by atoms with van der Waals surface area (Å²) in [7, 11) is 1.55. The Bertz CT molecular complexity index is 578. The number of benzene rings is 1. The molecule has 0 spiro atoms. The zero-order valence-electron chi connectivity index (χ0n) is 14.0. The van der Waals surface area contributed by atoms with Crippen molar-refractivity contribution in [3.63, 3.8) is 0 Å². The average Bonchev–Trinajstić information content (AvgIpc) is 2.54. The van der Waals surface area contributed by atoms with E-state index in [2.05, 4.69) is 5.32 Å². The van der Waals surface area contributed by atoms with E-state index in [0.29, 0.717) is 30.0 Å². The molecule has 0 aliphatic carbocycles. The van der Waals surface area contributed by atoms with E-state index >= 15 is 0 Å². The highest BCUT2D eigenvalue weighted by Gasteiger charge is 2.22. The fourth-order valence-corrected chi connectivity index (χ4v) is 2.32. The van der Waals surface area contributed by atoms with Crippen molar-refractivity contribution >= 4 is 17.4 Å². The summed E-state index contributed by atoms with van der Waals surface area (Å²) in [6.07, 6.45) is 3.28. The number of para-hydroxylation sites is 2. The molecular formula is C18H25NO4. The van der Waals surface area contributed by atoms with Gasteiger partial charge in [0.05, 0.1) is 12.8 Å². The number of carbonyl (C=O) groups excluding carboxylic acids is 1. The van der Waals surface area contributed by atoms with Crippen LogP contribution in [0.2, 0.25) is 0 Å². The Labute approximate surface area is 137 Å². The van der Waals surface area contributed by atoms with Gasteiger partial charge in [0, 0.05) is 12.1 Å². The Morgan fingerprint density at radius 2 is 1.87 bits per heavy atom. The first-order valence-electron chi connectivity index (χ1n) is 7.94. The molecule has 1 aromatic rings. The lowest BCUT2D eigenvalue weighted by atomic mass is 10.0. The zero-order valence-corrected chi connectivity index (χ0v) is 14.0. The highest BCUT2D eigenvalue weighted by atomic mass is 16.5. The van der Waals surface area contributed by atoms with Gasteiger partial charge < -0.3 is 15.2 Å². The topological polar surface area (TPSA) is 75.6 Å². The maximum absolute atomic E-state index is 12.3. The second-order valence-corrected chi connectivity index (χ2v) is 5.22. The lowest BCUT2D eigenvalue weighted by molar-refractivity contribution is -0.134. The minimum atomic E-state index is -1.19. The van der Waals surface area contributed by atoms with Gasteiger partial charge in [0.25, 0.3) is 0 Å². The lowest BCUT2D eigenvalue weighted by Crippen LogP contribution is -2.18. The van der Waals surface area contributed by atoms with Gasteiger partial charge in [-0.2, -0.15) is 0 Å². The Hall–Kier alpha value is -2.30. The molecule has 0 aliphatic rings. The predicted molar refractivity (Wildman–Crippen MR) is 90.7 cm³/mol. The van der Waals surface area contributed by atoms with Crippen LogP contribution in [-0.4, -0.2) is 24.0 Å². The van der Waals surface area contributed by atoms with Crippen LogP contribution in [-0.2, 0) is 9.59 Å². The van der Waals surface area contributed by atoms with E-state index in [1.165, 1.54) is 0 Å². The Balaban J connectivity index is 3.09. The van der Waals surface area contributed by atoms with Crippen LogP contribution in [0.1, 0.15) is 46.0 Å². The van der Waals surface area contributed by atoms with Crippen molar-refractivity contribution in [1.82, 2.24) is 0 Å². The van der Waals surface area contributed by atoms with Crippen LogP contribution in [0.4, 0.5) is 5.69 Å². The molecule has 126 valence electrons. The number of rotatable bonds is 10. The molecule has 0 unspecified atom stereocenters. The molecule has 0 aliphatic heterocycles. The van der Waals surface area contributed by atoms with Gasteiger partial charge in [0.2, 0.25) is 0 Å². The summed E-state index contributed by atoms with van der Waals surface area (Å²) in [6, 6.07) is 7.21. The molecule has 2 N–H and O–H groups in total. The number of carboxylic acids is 1. The number of ether oxygens (including phenoxy) is 1. The first-order valence-corrected chi connectivity index (χ1v) is 7.94. The molecule has 1 aromatic carbocycles. The van der Waals surface area contributed by atoms with E-state index in [9.17, 15) is 14.7 Å². The van der Waals surface area contributed by atoms with Crippen molar-refractivity contribution in [3.8, 4) is 5.75 Å². The SMILES string of the molecule is CCCCCC(=O)C(C(=O)O)=C(CC)Nc1ccccc1OC. The van der Waals surface area contributed by atoms with E-state index in [4.69, 9.17) is 4.74 Å². The van der Waals surface area contributed by atoms with Crippen LogP contribution in [0.25, 0.3) is 0 Å². The molecule has 5 heteroatoms. The number of methoxy groups -OCH3 is 1. The maximum Gasteiger partial charge on any atom is 0.341 e. The maximum atomic E-state index is 12.3. The first kappa shape index (κ1) is 18.7. The van der Waals surface area contributed by atoms with Gasteiger partial charge in [-0.15, -0.1) is 0 Å². The van der Waals surface area contributed by atoms with E-state index in [1.807, 2.05) is 26.0 Å². The first-order chi connectivity index (χ1) is 11.0. The van der Waals surface area contributed by atoms with Gasteiger partial charge in [-0.25, -0.2) is 4.79 Å². The van der Waals surface area contributed by atoms with E-state index in [1.54, 1.807) is 19.2 Å². The van der Waals surface area contributed by atoms with Gasteiger partial charge in [-0.1, -0.05) is 38.8 Å². The molecule has 23 heavy (non-hydrogen) atoms. The highest BCUT2D eigenvalue weighted by Crippen LogP contribution is 2.26. The van der Waals surface area contributed by atoms with E-state index in [0.717, 1.165) is 12.8 Å². The third-order valence-corrected chi connectivity index (χ3v) is 3.55. The number of carbonyl (C=O) groups is 2. The molecule has 0 amide bonds. The van der Waals surface area contributed by atoms with Gasteiger partial charge in [-0.05, 0) is 25.0 Å². The minimum absolute atomic E-state index is 0.158. The molecule has 0 atom stereocenters. The lowest BCUT2D eigenvalue weighted by Gasteiger charge is -2.15. The molecule has 0 saturated heterocycles. The number of ketones is 1. The Morgan fingerprint density at radius 1 is 1.17 bits per heavy atom. The van der Waals surface area contributed by atoms with Crippen LogP contribution in [0.5, 0.6) is 5.75 Å². The second kappa shape index (κ2) is 9.66. The summed E-state index contributed by atoms with van der Waals surface area (Å²) < 4.78 is 5.25. The molecule has 0 aromatic heterocycles. The van der Waals surface area contributed by atoms with Crippen LogP contribution in [0.15, 0.2) is 35.5 Å². The molecule has 1 rings (SSSR count). The minimum Gasteiger partial charge on any atom is -0.495 e. The van der Waals surface area contributed by atoms with Gasteiger partial charge in [0.15, 0.2) is 5.78 Å². The number of unbranched alkanes of at least 4 members (excludes halogenated alkanes) is 2. The van der Waals surface area contributed by atoms with Crippen molar-refractivity contribution in [2.45, 2.75) is 46.0 Å². The standard InChI is InChI=1S/C18H25NO4/c1-4-6-7-11-15(20)17(18(21)22)13(5-2)19-14-10-8-9-12-16(14)23-3/h8-10,12,19H,4-7,11H2,1-3H3,(H,21,22). The van der Waals surface area contributed by atoms with Gasteiger partial charge >= 0.3 is 5.97 Å². The summed E-state index contributed by atoms with van der Waals surface area (Å²) in [5, 5.41) is 12.5. The molecule has 5 nitrogen and oxygen atoms in total. The number of hydrogen-bond donors (Lipinski definition) is 2. The third kappa shape index (κ3) is 5.43. The van der Waals surface area contributed by atoms with Crippen LogP contribution >= 0.6 is 0 Å². The second-order valence-electron chi connectivity index (χ2n) is 5.22. The zero-order chi connectivity index (χ0) is 17.2. The summed E-state index contributed by atoms with van der Waals surface area (Å²) in [5.41, 5.74) is 0.893. The Morgan fingerprint density at radius 3 is 2.43 bits per heavy atom. The fourth-order valence-electron chi connectivity index (χ4n) is 2.32. The number of carboxylic acid groups (broad SMARTS) is 1. The van der Waals surface area contributed by atoms with Crippen LogP contribution in [0.3, 0.4) is 0 Å². The van der Waals surface area contributed by atoms with E-state index in [-0.39, 0.29) is 17.8 Å². The van der Waals surface area contributed by atoms with Crippen LogP contribution in [0, 0.1) is 0 Å². The highest BCUT2D eigenvalue weighted by molar-refractivity contribution is 6.17. The predicted octanol–water partition coefficient (Wildman–Crippen LogP) is 4.01. The van der Waals surface area contributed by atoms with Crippen molar-refractivity contribution in [2.75, 3.05) is 12.4 Å². The van der Waals surface area contributed by atoms with Crippen molar-refractivity contribution < 1.29 is 19.4 Å². The quantitative estimate of drug-likeness (QED) is 0.295. The summed E-state index contributed by atoms with van der Waals surface area (Å²) in [4.78, 5) is 23.9. The summed E-state index contributed by atoms with van der Waals surface area (Å²) in [5.74, 6) is -0.919. The third-order valence-electron chi connectivity index (χ3n) is 3.55.